The summed E-state index contributed by atoms with van der Waals surface area (Å²) in [6, 6.07) is 12.9. The van der Waals surface area contributed by atoms with Crippen LogP contribution in [0.5, 0.6) is 0 Å². The Kier molecular flexibility index (Phi) is 5.50. The standard InChI is InChI=1S/C20H19N5O5/c1-12-10-14(8-9-15(12)25(29)30)19(27)23(2)16-17(21)24(20(28)22-18(16)26)11-13-6-4-3-5-7-13/h3-10H,11,21H2,1-2H3,(H,22,26,28). The van der Waals surface area contributed by atoms with Crippen LogP contribution in [0.1, 0.15) is 21.5 Å². The van der Waals surface area contributed by atoms with Crippen LogP contribution in [0.15, 0.2) is 58.1 Å². The van der Waals surface area contributed by atoms with Gasteiger partial charge in [0.05, 0.1) is 11.5 Å². The van der Waals surface area contributed by atoms with Gasteiger partial charge >= 0.3 is 5.69 Å². The van der Waals surface area contributed by atoms with E-state index in [1.807, 2.05) is 6.07 Å². The maximum atomic E-state index is 12.9. The molecule has 3 aromatic rings. The third-order valence-electron chi connectivity index (χ3n) is 4.68. The van der Waals surface area contributed by atoms with Gasteiger partial charge in [-0.15, -0.1) is 0 Å². The van der Waals surface area contributed by atoms with Crippen molar-refractivity contribution in [1.29, 1.82) is 0 Å². The van der Waals surface area contributed by atoms with E-state index < -0.39 is 22.1 Å². The molecule has 0 aliphatic rings. The van der Waals surface area contributed by atoms with E-state index in [-0.39, 0.29) is 29.3 Å². The lowest BCUT2D eigenvalue weighted by Crippen LogP contribution is -2.39. The Morgan fingerprint density at radius 1 is 1.20 bits per heavy atom. The number of aryl methyl sites for hydroxylation is 1. The lowest BCUT2D eigenvalue weighted by Gasteiger charge is -2.20. The molecule has 0 spiro atoms. The molecular weight excluding hydrogens is 390 g/mol. The summed E-state index contributed by atoms with van der Waals surface area (Å²) in [5.74, 6) is -0.766. The molecule has 0 saturated carbocycles. The van der Waals surface area contributed by atoms with E-state index in [0.29, 0.717) is 5.56 Å². The zero-order valence-corrected chi connectivity index (χ0v) is 16.3. The molecule has 0 bridgehead atoms. The average Bonchev–Trinajstić information content (AvgIpc) is 2.70. The van der Waals surface area contributed by atoms with E-state index in [1.165, 1.54) is 32.2 Å². The quantitative estimate of drug-likeness (QED) is 0.484. The van der Waals surface area contributed by atoms with E-state index in [1.54, 1.807) is 24.3 Å². The molecule has 30 heavy (non-hydrogen) atoms. The largest absolute Gasteiger partial charge is 0.383 e. The molecule has 0 fully saturated rings. The van der Waals surface area contributed by atoms with Gasteiger partial charge in [-0.2, -0.15) is 0 Å². The fraction of sp³-hybridized carbons (Fsp3) is 0.150. The Bertz CT molecular complexity index is 1250. The molecule has 154 valence electrons. The summed E-state index contributed by atoms with van der Waals surface area (Å²) in [5, 5.41) is 11.0. The van der Waals surface area contributed by atoms with Crippen molar-refractivity contribution < 1.29 is 9.72 Å². The number of nitro benzene ring substituents is 1. The molecule has 10 nitrogen and oxygen atoms in total. The first-order chi connectivity index (χ1) is 14.2. The van der Waals surface area contributed by atoms with Crippen LogP contribution in [0.2, 0.25) is 0 Å². The molecule has 2 aromatic carbocycles. The van der Waals surface area contributed by atoms with Gasteiger partial charge in [0.25, 0.3) is 17.2 Å². The number of amides is 1. The van der Waals surface area contributed by atoms with E-state index >= 15 is 0 Å². The zero-order chi connectivity index (χ0) is 22.0. The Hall–Kier alpha value is -4.21. The highest BCUT2D eigenvalue weighted by molar-refractivity contribution is 6.07. The first-order valence-corrected chi connectivity index (χ1v) is 8.90. The number of nitrogens with zero attached hydrogens (tertiary/aromatic N) is 3. The fourth-order valence-electron chi connectivity index (χ4n) is 3.11. The van der Waals surface area contributed by atoms with Crippen molar-refractivity contribution >= 4 is 23.1 Å². The topological polar surface area (TPSA) is 144 Å². The van der Waals surface area contributed by atoms with Crippen LogP contribution in [-0.4, -0.2) is 27.4 Å². The van der Waals surface area contributed by atoms with Gasteiger partial charge in [0.1, 0.15) is 5.82 Å². The Morgan fingerprint density at radius 2 is 1.87 bits per heavy atom. The maximum absolute atomic E-state index is 12.9. The normalized spacial score (nSPS) is 10.6. The van der Waals surface area contributed by atoms with Crippen LogP contribution in [0, 0.1) is 17.0 Å². The molecule has 0 atom stereocenters. The van der Waals surface area contributed by atoms with Crippen LogP contribution < -0.4 is 21.9 Å². The molecule has 1 heterocycles. The summed E-state index contributed by atoms with van der Waals surface area (Å²) in [6.45, 7) is 1.62. The minimum atomic E-state index is -0.809. The molecular formula is C20H19N5O5. The van der Waals surface area contributed by atoms with Crippen LogP contribution in [0.4, 0.5) is 17.2 Å². The third-order valence-corrected chi connectivity index (χ3v) is 4.68. The van der Waals surface area contributed by atoms with Crippen LogP contribution in [0.3, 0.4) is 0 Å². The van der Waals surface area contributed by atoms with Gasteiger partial charge in [0, 0.05) is 24.2 Å². The summed E-state index contributed by atoms with van der Waals surface area (Å²) >= 11 is 0. The van der Waals surface area contributed by atoms with Gasteiger partial charge in [-0.25, -0.2) is 4.79 Å². The number of H-pyrrole nitrogens is 1. The molecule has 0 aliphatic heterocycles. The SMILES string of the molecule is Cc1cc(C(=O)N(C)c2c(N)n(Cc3ccccc3)c(=O)[nH]c2=O)ccc1[N+](=O)[O-]. The maximum Gasteiger partial charge on any atom is 0.330 e. The number of carbonyl (C=O) groups excluding carboxylic acids is 1. The number of benzene rings is 2. The third kappa shape index (κ3) is 3.83. The lowest BCUT2D eigenvalue weighted by molar-refractivity contribution is -0.385. The highest BCUT2D eigenvalue weighted by atomic mass is 16.6. The Morgan fingerprint density at radius 3 is 2.47 bits per heavy atom. The predicted molar refractivity (Wildman–Crippen MR) is 112 cm³/mol. The number of hydrogen-bond acceptors (Lipinski definition) is 6. The minimum Gasteiger partial charge on any atom is -0.383 e. The van der Waals surface area contributed by atoms with Gasteiger partial charge in [-0.3, -0.25) is 29.3 Å². The number of hydrogen-bond donors (Lipinski definition) is 2. The van der Waals surface area contributed by atoms with Crippen molar-refractivity contribution in [3.8, 4) is 0 Å². The van der Waals surface area contributed by atoms with E-state index in [2.05, 4.69) is 4.98 Å². The zero-order valence-electron chi connectivity index (χ0n) is 16.3. The van der Waals surface area contributed by atoms with Crippen molar-refractivity contribution in [3.63, 3.8) is 0 Å². The van der Waals surface area contributed by atoms with Crippen LogP contribution in [0.25, 0.3) is 0 Å². The van der Waals surface area contributed by atoms with E-state index in [9.17, 15) is 24.5 Å². The second kappa shape index (κ2) is 8.03. The molecule has 3 rings (SSSR count). The van der Waals surface area contributed by atoms with Crippen molar-refractivity contribution in [1.82, 2.24) is 9.55 Å². The Labute approximate surface area is 170 Å². The second-order valence-corrected chi connectivity index (χ2v) is 6.69. The number of carbonyl (C=O) groups is 1. The number of nitrogens with two attached hydrogens (primary N) is 1. The predicted octanol–water partition coefficient (Wildman–Crippen LogP) is 1.66. The molecule has 0 aliphatic carbocycles. The van der Waals surface area contributed by atoms with Crippen LogP contribution in [-0.2, 0) is 6.54 Å². The number of rotatable bonds is 5. The van der Waals surface area contributed by atoms with Crippen molar-refractivity contribution in [3.05, 3.63) is 96.2 Å². The molecule has 0 saturated heterocycles. The number of nitrogens with one attached hydrogen (secondary N) is 1. The van der Waals surface area contributed by atoms with E-state index in [0.717, 1.165) is 15.0 Å². The first-order valence-electron chi connectivity index (χ1n) is 8.90. The second-order valence-electron chi connectivity index (χ2n) is 6.69. The molecule has 1 aromatic heterocycles. The van der Waals surface area contributed by atoms with Gasteiger partial charge in [-0.05, 0) is 24.6 Å². The summed E-state index contributed by atoms with van der Waals surface area (Å²) in [4.78, 5) is 51.2. The van der Waals surface area contributed by atoms with Crippen molar-refractivity contribution in [2.45, 2.75) is 13.5 Å². The summed E-state index contributed by atoms with van der Waals surface area (Å²) in [5.41, 5.74) is 5.51. The fourth-order valence-corrected chi connectivity index (χ4v) is 3.11. The summed E-state index contributed by atoms with van der Waals surface area (Å²) < 4.78 is 1.16. The number of aromatic nitrogens is 2. The smallest absolute Gasteiger partial charge is 0.330 e. The number of nitrogen functional groups attached to an aromatic ring is 1. The Balaban J connectivity index is 2.02. The summed E-state index contributed by atoms with van der Waals surface area (Å²) in [6.07, 6.45) is 0. The summed E-state index contributed by atoms with van der Waals surface area (Å²) in [7, 11) is 1.34. The highest BCUT2D eigenvalue weighted by Crippen LogP contribution is 2.22. The van der Waals surface area contributed by atoms with Gasteiger partial charge in [0.15, 0.2) is 5.69 Å². The van der Waals surface area contributed by atoms with Crippen molar-refractivity contribution in [2.24, 2.45) is 0 Å². The monoisotopic (exact) mass is 409 g/mol. The molecule has 0 unspecified atom stereocenters. The number of aromatic amines is 1. The molecule has 10 heteroatoms. The van der Waals surface area contributed by atoms with E-state index in [4.69, 9.17) is 5.73 Å². The number of anilines is 2. The number of nitro groups is 1. The lowest BCUT2D eigenvalue weighted by atomic mass is 10.1. The van der Waals surface area contributed by atoms with Gasteiger partial charge in [0.2, 0.25) is 0 Å². The van der Waals surface area contributed by atoms with Gasteiger partial charge in [-0.1, -0.05) is 30.3 Å². The van der Waals surface area contributed by atoms with Gasteiger partial charge < -0.3 is 10.6 Å². The first kappa shape index (κ1) is 20.5. The molecule has 0 radical (unpaired) electrons. The van der Waals surface area contributed by atoms with Crippen molar-refractivity contribution in [2.75, 3.05) is 17.7 Å². The molecule has 1 amide bonds. The minimum absolute atomic E-state index is 0.105. The molecule has 3 N–H and O–H groups in total. The average molecular weight is 409 g/mol. The highest BCUT2D eigenvalue weighted by Gasteiger charge is 2.23. The van der Waals surface area contributed by atoms with Crippen LogP contribution >= 0.6 is 0 Å².